The van der Waals surface area contributed by atoms with Crippen LogP contribution in [0.4, 0.5) is 0 Å². The van der Waals surface area contributed by atoms with Gasteiger partial charge in [0.15, 0.2) is 5.78 Å². The Hall–Kier alpha value is -1.41. The van der Waals surface area contributed by atoms with Crippen LogP contribution < -0.4 is 0 Å². The fourth-order valence-electron chi connectivity index (χ4n) is 4.62. The molecule has 3 rings (SSSR count). The summed E-state index contributed by atoms with van der Waals surface area (Å²) in [6.45, 7) is 23.9. The van der Waals surface area contributed by atoms with Crippen LogP contribution in [0.25, 0.3) is 0 Å². The average molecular weight is 429 g/mol. The molecule has 2 heteroatoms. The van der Waals surface area contributed by atoms with Crippen molar-refractivity contribution < 1.29 is 9.90 Å². The molecule has 0 heterocycles. The number of rotatable bonds is 1. The van der Waals surface area contributed by atoms with Crippen molar-refractivity contribution in [2.45, 2.75) is 101 Å². The Morgan fingerprint density at radius 3 is 1.71 bits per heavy atom. The third-order valence-electron chi connectivity index (χ3n) is 6.90. The van der Waals surface area contributed by atoms with Crippen molar-refractivity contribution in [2.75, 3.05) is 6.61 Å². The molecule has 0 spiro atoms. The van der Waals surface area contributed by atoms with Crippen molar-refractivity contribution in [1.29, 1.82) is 0 Å². The second-order valence-electron chi connectivity index (χ2n) is 12.0. The van der Waals surface area contributed by atoms with Crippen molar-refractivity contribution in [3.63, 3.8) is 0 Å². The summed E-state index contributed by atoms with van der Waals surface area (Å²) < 4.78 is 0. The van der Waals surface area contributed by atoms with Gasteiger partial charge in [0.25, 0.3) is 0 Å². The summed E-state index contributed by atoms with van der Waals surface area (Å²) >= 11 is 0. The minimum absolute atomic E-state index is 0.248. The van der Waals surface area contributed by atoms with Crippen LogP contribution in [-0.4, -0.2) is 17.5 Å². The van der Waals surface area contributed by atoms with Gasteiger partial charge in [-0.25, -0.2) is 0 Å². The summed E-state index contributed by atoms with van der Waals surface area (Å²) in [7, 11) is 0. The monoisotopic (exact) mass is 428 g/mol. The van der Waals surface area contributed by atoms with Gasteiger partial charge in [-0.15, -0.1) is 0 Å². The number of carbonyl (C=O) groups is 1. The molecule has 1 N–H and O–H groups in total. The molecule has 1 unspecified atom stereocenters. The number of Topliss-reactive ketones (excluding diaryl/α,β-unsaturated/α-hetero) is 1. The lowest BCUT2D eigenvalue weighted by atomic mass is 9.75. The lowest BCUT2D eigenvalue weighted by Crippen LogP contribution is -2.20. The number of hydrogen-bond acceptors (Lipinski definition) is 2. The third kappa shape index (κ3) is 9.73. The number of aliphatic hydroxyl groups is 1. The fraction of sp³-hybridized carbons (Fsp3) is 0.690. The summed E-state index contributed by atoms with van der Waals surface area (Å²) in [4.78, 5) is 11.0. The van der Waals surface area contributed by atoms with Crippen LogP contribution in [-0.2, 0) is 4.79 Å². The van der Waals surface area contributed by atoms with Gasteiger partial charge in [-0.1, -0.05) is 83.1 Å². The maximum atomic E-state index is 11.0. The van der Waals surface area contributed by atoms with Gasteiger partial charge in [0.1, 0.15) is 0 Å². The van der Waals surface area contributed by atoms with Crippen LogP contribution in [0.5, 0.6) is 0 Å². The molecule has 176 valence electrons. The normalized spacial score (nSPS) is 26.3. The van der Waals surface area contributed by atoms with Crippen LogP contribution in [0.2, 0.25) is 0 Å². The van der Waals surface area contributed by atoms with Crippen LogP contribution >= 0.6 is 0 Å². The highest BCUT2D eigenvalue weighted by molar-refractivity contribution is 5.95. The van der Waals surface area contributed by atoms with Crippen LogP contribution in [0.15, 0.2) is 47.1 Å². The summed E-state index contributed by atoms with van der Waals surface area (Å²) in [5.41, 5.74) is 6.02. The molecule has 0 saturated carbocycles. The zero-order valence-electron chi connectivity index (χ0n) is 21.8. The molecule has 0 fully saturated rings. The first-order chi connectivity index (χ1) is 14.1. The standard InChI is InChI=1S/C10H18O.C10H16.C9H14O/c1-8-6-10(2,3)5-4-9(8)7-11;1-8-5-6-10(3,4)7-9(8)2;1-7-6-9(2,3)5-4-8(7)10/h6,9,11H,4-5,7H2,1-3H3;7H,1,5-6H2,2-4H3;6H,4-5H2,1-3H3. The topological polar surface area (TPSA) is 37.3 Å². The molecule has 31 heavy (non-hydrogen) atoms. The Bertz CT molecular complexity index is 697. The SMILES string of the molecule is C=C1CCC(C)(C)C=C1C.CC1=CC(C)(C)CCC1=O.CC1=CC(C)(C)CCC1CO. The lowest BCUT2D eigenvalue weighted by molar-refractivity contribution is -0.116. The molecule has 0 saturated heterocycles. The van der Waals surface area contributed by atoms with Gasteiger partial charge in [0.2, 0.25) is 0 Å². The van der Waals surface area contributed by atoms with Crippen molar-refractivity contribution >= 4 is 5.78 Å². The van der Waals surface area contributed by atoms with E-state index in [0.29, 0.717) is 29.1 Å². The summed E-state index contributed by atoms with van der Waals surface area (Å²) in [6.07, 6.45) is 13.2. The van der Waals surface area contributed by atoms with Crippen molar-refractivity contribution in [3.05, 3.63) is 47.1 Å². The maximum absolute atomic E-state index is 11.0. The van der Waals surface area contributed by atoms with E-state index in [1.807, 2.05) is 6.92 Å². The molecule has 0 aromatic rings. The second-order valence-corrected chi connectivity index (χ2v) is 12.0. The second kappa shape index (κ2) is 10.9. The largest absolute Gasteiger partial charge is 0.396 e. The molecule has 2 nitrogen and oxygen atoms in total. The Kier molecular flexibility index (Phi) is 9.75. The molecule has 3 aliphatic carbocycles. The van der Waals surface area contributed by atoms with E-state index in [1.165, 1.54) is 36.0 Å². The van der Waals surface area contributed by atoms with E-state index in [9.17, 15) is 4.79 Å². The van der Waals surface area contributed by atoms with Gasteiger partial charge in [-0.05, 0) is 74.7 Å². The Labute approximate surface area is 192 Å². The van der Waals surface area contributed by atoms with E-state index in [2.05, 4.69) is 80.2 Å². The predicted octanol–water partition coefficient (Wildman–Crippen LogP) is 7.99. The molecule has 0 bridgehead atoms. The number of ketones is 1. The smallest absolute Gasteiger partial charge is 0.158 e. The molecule has 3 aliphatic rings. The van der Waals surface area contributed by atoms with Crippen molar-refractivity contribution in [2.24, 2.45) is 22.2 Å². The van der Waals surface area contributed by atoms with Crippen LogP contribution in [0.1, 0.15) is 101 Å². The molecule has 0 aliphatic heterocycles. The number of hydrogen-bond donors (Lipinski definition) is 1. The summed E-state index contributed by atoms with van der Waals surface area (Å²) in [5.74, 6) is 0.752. The van der Waals surface area contributed by atoms with E-state index in [4.69, 9.17) is 5.11 Å². The van der Waals surface area contributed by atoms with E-state index in [-0.39, 0.29) is 5.41 Å². The van der Waals surface area contributed by atoms with Gasteiger partial charge >= 0.3 is 0 Å². The van der Waals surface area contributed by atoms with Crippen molar-refractivity contribution in [1.82, 2.24) is 0 Å². The minimum atomic E-state index is 0.248. The molecule has 0 aromatic carbocycles. The maximum Gasteiger partial charge on any atom is 0.158 e. The lowest BCUT2D eigenvalue weighted by Gasteiger charge is -2.31. The zero-order valence-corrected chi connectivity index (χ0v) is 21.8. The zero-order chi connectivity index (χ0) is 24.0. The predicted molar refractivity (Wildman–Crippen MR) is 135 cm³/mol. The highest BCUT2D eigenvalue weighted by Gasteiger charge is 2.25. The Morgan fingerprint density at radius 1 is 0.839 bits per heavy atom. The first kappa shape index (κ1) is 27.6. The Morgan fingerprint density at radius 2 is 1.32 bits per heavy atom. The van der Waals surface area contributed by atoms with Gasteiger partial charge in [-0.2, -0.15) is 0 Å². The van der Waals surface area contributed by atoms with Crippen molar-refractivity contribution in [3.8, 4) is 0 Å². The first-order valence-corrected chi connectivity index (χ1v) is 12.0. The van der Waals surface area contributed by atoms with E-state index < -0.39 is 0 Å². The minimum Gasteiger partial charge on any atom is -0.396 e. The van der Waals surface area contributed by atoms with E-state index >= 15 is 0 Å². The van der Waals surface area contributed by atoms with E-state index in [0.717, 1.165) is 24.8 Å². The Balaban J connectivity index is 0.000000233. The van der Waals surface area contributed by atoms with Gasteiger partial charge in [0.05, 0.1) is 0 Å². The average Bonchev–Trinajstić information content (AvgIpc) is 2.62. The highest BCUT2D eigenvalue weighted by Crippen LogP contribution is 2.36. The molecule has 0 radical (unpaired) electrons. The third-order valence-corrected chi connectivity index (χ3v) is 6.90. The van der Waals surface area contributed by atoms with Gasteiger partial charge < -0.3 is 5.11 Å². The molecular formula is C29H48O2. The number of allylic oxidation sites excluding steroid dienone is 6. The van der Waals surface area contributed by atoms with Crippen LogP contribution in [0, 0.1) is 22.2 Å². The highest BCUT2D eigenvalue weighted by atomic mass is 16.3. The van der Waals surface area contributed by atoms with E-state index in [1.54, 1.807) is 0 Å². The van der Waals surface area contributed by atoms with Crippen LogP contribution in [0.3, 0.4) is 0 Å². The summed E-state index contributed by atoms with van der Waals surface area (Å²) in [6, 6.07) is 0. The number of aliphatic hydroxyl groups excluding tert-OH is 1. The molecular weight excluding hydrogens is 380 g/mol. The van der Waals surface area contributed by atoms with Gasteiger partial charge in [0, 0.05) is 18.9 Å². The fourth-order valence-corrected chi connectivity index (χ4v) is 4.62. The van der Waals surface area contributed by atoms with Gasteiger partial charge in [-0.3, -0.25) is 4.79 Å². The number of carbonyl (C=O) groups excluding carboxylic acids is 1. The molecule has 0 amide bonds. The first-order valence-electron chi connectivity index (χ1n) is 12.0. The summed E-state index contributed by atoms with van der Waals surface area (Å²) in [5, 5.41) is 8.99. The quantitative estimate of drug-likeness (QED) is 0.430. The molecule has 0 aromatic heterocycles. The molecule has 1 atom stereocenters.